The molecule has 68 valence electrons. The molecule has 2 atom stereocenters. The van der Waals surface area contributed by atoms with Crippen LogP contribution in [0, 0.1) is 0 Å². The fraction of sp³-hybridized carbons (Fsp3) is 1.00. The van der Waals surface area contributed by atoms with Gasteiger partial charge in [-0.3, -0.25) is 5.32 Å². The lowest BCUT2D eigenvalue weighted by Crippen LogP contribution is -2.46. The van der Waals surface area contributed by atoms with Crippen LogP contribution >= 0.6 is 0 Å². The first-order valence-electron chi connectivity index (χ1n) is 2.99. The summed E-state index contributed by atoms with van der Waals surface area (Å²) in [4.78, 5) is 0. The van der Waals surface area contributed by atoms with Crippen molar-refractivity contribution in [1.29, 1.82) is 0 Å². The highest BCUT2D eigenvalue weighted by molar-refractivity contribution is 4.70. The van der Waals surface area contributed by atoms with Crippen molar-refractivity contribution in [2.45, 2.75) is 25.4 Å². The summed E-state index contributed by atoms with van der Waals surface area (Å²) in [6, 6.07) is -1.82. The Morgan fingerprint density at radius 3 is 2.18 bits per heavy atom. The Morgan fingerprint density at radius 2 is 1.91 bits per heavy atom. The predicted molar refractivity (Wildman–Crippen MR) is 31.7 cm³/mol. The van der Waals surface area contributed by atoms with E-state index in [2.05, 4.69) is 0 Å². The van der Waals surface area contributed by atoms with Crippen LogP contribution in [0.1, 0.15) is 6.92 Å². The summed E-state index contributed by atoms with van der Waals surface area (Å²) in [6.07, 6.45) is -5.91. The molecule has 0 fully saturated rings. The zero-order valence-electron chi connectivity index (χ0n) is 5.89. The van der Waals surface area contributed by atoms with Gasteiger partial charge in [-0.15, -0.1) is 0 Å². The monoisotopic (exact) mass is 173 g/mol. The third-order valence-electron chi connectivity index (χ3n) is 1.11. The summed E-state index contributed by atoms with van der Waals surface area (Å²) in [7, 11) is 0. The SMILES string of the molecule is C[C@H](NC(O)CO)C(F)(F)F. The van der Waals surface area contributed by atoms with E-state index in [-0.39, 0.29) is 0 Å². The van der Waals surface area contributed by atoms with Crippen molar-refractivity contribution in [2.24, 2.45) is 0 Å². The summed E-state index contributed by atoms with van der Waals surface area (Å²) in [5, 5.41) is 18.5. The van der Waals surface area contributed by atoms with Gasteiger partial charge in [0.1, 0.15) is 12.3 Å². The summed E-state index contributed by atoms with van der Waals surface area (Å²) in [5.74, 6) is 0. The van der Waals surface area contributed by atoms with Gasteiger partial charge in [0.15, 0.2) is 0 Å². The van der Waals surface area contributed by atoms with E-state index >= 15 is 0 Å². The number of hydrogen-bond acceptors (Lipinski definition) is 3. The van der Waals surface area contributed by atoms with E-state index in [0.29, 0.717) is 0 Å². The second-order valence-corrected chi connectivity index (χ2v) is 2.13. The number of aliphatic hydroxyl groups is 2. The smallest absolute Gasteiger partial charge is 0.392 e. The molecule has 0 saturated heterocycles. The second kappa shape index (κ2) is 3.89. The van der Waals surface area contributed by atoms with Gasteiger partial charge in [0.2, 0.25) is 0 Å². The van der Waals surface area contributed by atoms with E-state index in [9.17, 15) is 13.2 Å². The molecule has 0 aromatic carbocycles. The molecule has 0 radical (unpaired) electrons. The van der Waals surface area contributed by atoms with Gasteiger partial charge in [-0.2, -0.15) is 13.2 Å². The maximum absolute atomic E-state index is 11.7. The van der Waals surface area contributed by atoms with Gasteiger partial charge in [-0.1, -0.05) is 0 Å². The molecule has 0 bridgehead atoms. The molecule has 0 aliphatic carbocycles. The Morgan fingerprint density at radius 1 is 1.45 bits per heavy atom. The standard InChI is InChI=1S/C5H10F3NO2/c1-3(5(6,7)8)9-4(11)2-10/h3-4,9-11H,2H2,1H3/t3-,4?/m0/s1. The Balaban J connectivity index is 3.77. The number of alkyl halides is 3. The average Bonchev–Trinajstić information content (AvgIpc) is 1.85. The van der Waals surface area contributed by atoms with Crippen molar-refractivity contribution in [3.05, 3.63) is 0 Å². The summed E-state index contributed by atoms with van der Waals surface area (Å²) in [5.41, 5.74) is 0. The largest absolute Gasteiger partial charge is 0.403 e. The Hall–Kier alpha value is -0.330. The summed E-state index contributed by atoms with van der Waals surface area (Å²) < 4.78 is 35.1. The highest BCUT2D eigenvalue weighted by Gasteiger charge is 2.36. The third kappa shape index (κ3) is 4.18. The van der Waals surface area contributed by atoms with Crippen molar-refractivity contribution < 1.29 is 23.4 Å². The molecule has 0 aromatic heterocycles. The van der Waals surface area contributed by atoms with Crippen LogP contribution in [0.5, 0.6) is 0 Å². The van der Waals surface area contributed by atoms with E-state index in [1.165, 1.54) is 0 Å². The van der Waals surface area contributed by atoms with Crippen LogP contribution in [0.2, 0.25) is 0 Å². The molecule has 0 rings (SSSR count). The zero-order chi connectivity index (χ0) is 9.07. The van der Waals surface area contributed by atoms with E-state index in [0.717, 1.165) is 6.92 Å². The Labute approximate surface area is 61.8 Å². The molecule has 0 spiro atoms. The van der Waals surface area contributed by atoms with Gasteiger partial charge in [0.25, 0.3) is 0 Å². The van der Waals surface area contributed by atoms with Crippen molar-refractivity contribution in [2.75, 3.05) is 6.61 Å². The van der Waals surface area contributed by atoms with E-state index in [1.54, 1.807) is 5.32 Å². The highest BCUT2D eigenvalue weighted by atomic mass is 19.4. The molecule has 0 aliphatic heterocycles. The highest BCUT2D eigenvalue weighted by Crippen LogP contribution is 2.19. The second-order valence-electron chi connectivity index (χ2n) is 2.13. The van der Waals surface area contributed by atoms with Crippen LogP contribution in [0.4, 0.5) is 13.2 Å². The lowest BCUT2D eigenvalue weighted by Gasteiger charge is -2.19. The van der Waals surface area contributed by atoms with Crippen LogP contribution in [0.15, 0.2) is 0 Å². The molecule has 6 heteroatoms. The Bertz CT molecular complexity index is 117. The molecule has 3 nitrogen and oxygen atoms in total. The maximum Gasteiger partial charge on any atom is 0.403 e. The first kappa shape index (κ1) is 10.7. The number of nitrogens with one attached hydrogen (secondary N) is 1. The normalized spacial score (nSPS) is 18.0. The molecule has 0 aromatic rings. The van der Waals surface area contributed by atoms with Crippen LogP contribution < -0.4 is 5.32 Å². The average molecular weight is 173 g/mol. The summed E-state index contributed by atoms with van der Waals surface area (Å²) in [6.45, 7) is 0.124. The van der Waals surface area contributed by atoms with Gasteiger partial charge >= 0.3 is 6.18 Å². The van der Waals surface area contributed by atoms with Crippen LogP contribution in [0.25, 0.3) is 0 Å². The van der Waals surface area contributed by atoms with Crippen LogP contribution in [-0.2, 0) is 0 Å². The Kier molecular flexibility index (Phi) is 3.77. The van der Waals surface area contributed by atoms with Crippen molar-refractivity contribution >= 4 is 0 Å². The van der Waals surface area contributed by atoms with Crippen molar-refractivity contribution in [1.82, 2.24) is 5.32 Å². The maximum atomic E-state index is 11.7. The van der Waals surface area contributed by atoms with Crippen LogP contribution in [0.3, 0.4) is 0 Å². The minimum atomic E-state index is -4.39. The molecule has 1 unspecified atom stereocenters. The van der Waals surface area contributed by atoms with E-state index in [4.69, 9.17) is 10.2 Å². The lowest BCUT2D eigenvalue weighted by molar-refractivity contribution is -0.160. The van der Waals surface area contributed by atoms with Crippen molar-refractivity contribution in [3.63, 3.8) is 0 Å². The zero-order valence-corrected chi connectivity index (χ0v) is 5.89. The molecule has 11 heavy (non-hydrogen) atoms. The first-order valence-corrected chi connectivity index (χ1v) is 2.99. The minimum absolute atomic E-state index is 0.736. The molecule has 0 saturated carbocycles. The van der Waals surface area contributed by atoms with E-state index in [1.807, 2.05) is 0 Å². The minimum Gasteiger partial charge on any atom is -0.392 e. The number of aliphatic hydroxyl groups excluding tert-OH is 2. The molecule has 0 heterocycles. The number of hydrogen-bond donors (Lipinski definition) is 3. The van der Waals surface area contributed by atoms with Gasteiger partial charge in [-0.05, 0) is 6.92 Å². The van der Waals surface area contributed by atoms with Crippen LogP contribution in [-0.4, -0.2) is 35.3 Å². The number of rotatable bonds is 3. The number of halogens is 3. The lowest BCUT2D eigenvalue weighted by atomic mass is 10.3. The molecular weight excluding hydrogens is 163 g/mol. The summed E-state index contributed by atoms with van der Waals surface area (Å²) >= 11 is 0. The topological polar surface area (TPSA) is 52.5 Å². The van der Waals surface area contributed by atoms with E-state index < -0.39 is 25.1 Å². The fourth-order valence-electron chi connectivity index (χ4n) is 0.436. The van der Waals surface area contributed by atoms with Crippen molar-refractivity contribution in [3.8, 4) is 0 Å². The quantitative estimate of drug-likeness (QED) is 0.520. The molecular formula is C5H10F3NO2. The van der Waals surface area contributed by atoms with Gasteiger partial charge in [-0.25, -0.2) is 0 Å². The molecule has 0 aliphatic rings. The van der Waals surface area contributed by atoms with Gasteiger partial charge < -0.3 is 10.2 Å². The molecule has 0 amide bonds. The van der Waals surface area contributed by atoms with Gasteiger partial charge in [0.05, 0.1) is 6.61 Å². The fourth-order valence-corrected chi connectivity index (χ4v) is 0.436. The van der Waals surface area contributed by atoms with Gasteiger partial charge in [0, 0.05) is 0 Å². The third-order valence-corrected chi connectivity index (χ3v) is 1.11. The predicted octanol–water partition coefficient (Wildman–Crippen LogP) is -0.163. The first-order chi connectivity index (χ1) is 4.88. The molecule has 3 N–H and O–H groups in total.